The first-order chi connectivity index (χ1) is 20.8. The normalized spacial score (nSPS) is 14.2. The lowest BCUT2D eigenvalue weighted by Crippen LogP contribution is -2.19. The zero-order valence-electron chi connectivity index (χ0n) is 22.1. The zero-order chi connectivity index (χ0) is 30.1. The van der Waals surface area contributed by atoms with E-state index in [2.05, 4.69) is 9.72 Å². The Morgan fingerprint density at radius 3 is 2.14 bits per heavy atom. The standard InChI is InChI=1S/C31H20F5N3O4/c32-23-24(33)26(35)28(27(36)25(23)34)42-31(40)43-30-21(15-19-12-7-13-41-19)38-29-20(14-17-8-3-1-4-9-17)37-22(16-39(29)30)18-10-5-2-6-11-18/h1-11,13,16,19H,12,14-15H2. The van der Waals surface area contributed by atoms with Gasteiger partial charge < -0.3 is 14.2 Å². The molecule has 1 aliphatic heterocycles. The Hall–Kier alpha value is -5.26. The quantitative estimate of drug-likeness (QED) is 0.0659. The number of halogens is 5. The van der Waals surface area contributed by atoms with Gasteiger partial charge in [0.1, 0.15) is 11.8 Å². The van der Waals surface area contributed by atoms with Crippen LogP contribution < -0.4 is 9.47 Å². The van der Waals surface area contributed by atoms with Gasteiger partial charge in [0.15, 0.2) is 5.65 Å². The van der Waals surface area contributed by atoms with Crippen LogP contribution in [0.25, 0.3) is 16.9 Å². The molecule has 1 atom stereocenters. The molecular weight excluding hydrogens is 573 g/mol. The monoisotopic (exact) mass is 593 g/mol. The molecule has 6 rings (SSSR count). The van der Waals surface area contributed by atoms with Crippen molar-refractivity contribution in [1.29, 1.82) is 0 Å². The van der Waals surface area contributed by atoms with E-state index >= 15 is 0 Å². The first-order valence-corrected chi connectivity index (χ1v) is 13.0. The van der Waals surface area contributed by atoms with Crippen molar-refractivity contribution in [2.45, 2.75) is 25.4 Å². The highest BCUT2D eigenvalue weighted by Gasteiger charge is 2.31. The van der Waals surface area contributed by atoms with Gasteiger partial charge in [-0.25, -0.2) is 27.9 Å². The predicted molar refractivity (Wildman–Crippen MR) is 143 cm³/mol. The lowest BCUT2D eigenvalue weighted by Gasteiger charge is -2.12. The van der Waals surface area contributed by atoms with E-state index in [1.54, 1.807) is 12.3 Å². The third kappa shape index (κ3) is 5.51. The molecule has 0 saturated carbocycles. The van der Waals surface area contributed by atoms with Gasteiger partial charge in [-0.3, -0.25) is 4.40 Å². The lowest BCUT2D eigenvalue weighted by atomic mass is 10.1. The highest BCUT2D eigenvalue weighted by molar-refractivity contribution is 5.69. The van der Waals surface area contributed by atoms with Crippen molar-refractivity contribution < 1.29 is 41.0 Å². The minimum Gasteiger partial charge on any atom is -0.498 e. The van der Waals surface area contributed by atoms with Gasteiger partial charge in [-0.1, -0.05) is 60.7 Å². The summed E-state index contributed by atoms with van der Waals surface area (Å²) >= 11 is 0. The third-order valence-electron chi connectivity index (χ3n) is 6.71. The Morgan fingerprint density at radius 1 is 0.837 bits per heavy atom. The Labute approximate surface area is 240 Å². The lowest BCUT2D eigenvalue weighted by molar-refractivity contribution is 0.141. The summed E-state index contributed by atoms with van der Waals surface area (Å²) in [4.78, 5) is 22.4. The van der Waals surface area contributed by atoms with E-state index in [0.717, 1.165) is 11.1 Å². The molecule has 3 aromatic carbocycles. The molecule has 2 aromatic heterocycles. The molecule has 0 amide bonds. The Kier molecular flexibility index (Phi) is 7.49. The summed E-state index contributed by atoms with van der Waals surface area (Å²) in [5, 5.41) is 0. The van der Waals surface area contributed by atoms with E-state index in [4.69, 9.17) is 14.5 Å². The van der Waals surface area contributed by atoms with Crippen molar-refractivity contribution in [3.8, 4) is 22.9 Å². The molecule has 43 heavy (non-hydrogen) atoms. The van der Waals surface area contributed by atoms with Crippen LogP contribution in [0.2, 0.25) is 0 Å². The molecule has 0 aliphatic carbocycles. The number of nitrogens with zero attached hydrogens (tertiary/aromatic N) is 3. The number of carbonyl (C=O) groups excluding carboxylic acids is 1. The smallest absolute Gasteiger partial charge is 0.498 e. The van der Waals surface area contributed by atoms with Crippen LogP contribution in [-0.2, 0) is 17.6 Å². The van der Waals surface area contributed by atoms with Crippen molar-refractivity contribution >= 4 is 11.8 Å². The fourth-order valence-corrected chi connectivity index (χ4v) is 4.67. The van der Waals surface area contributed by atoms with Gasteiger partial charge in [0.05, 0.1) is 17.6 Å². The molecule has 12 heteroatoms. The molecular formula is C31H20F5N3O4. The molecule has 0 radical (unpaired) electrons. The maximum atomic E-state index is 14.2. The summed E-state index contributed by atoms with van der Waals surface area (Å²) in [6.45, 7) is 0. The molecule has 0 spiro atoms. The summed E-state index contributed by atoms with van der Waals surface area (Å²) < 4.78 is 86.3. The maximum absolute atomic E-state index is 14.2. The SMILES string of the molecule is O=C(Oc1c(F)c(F)c(F)c(F)c1F)Oc1c(CC2CC=CO2)nc2c(Cc3ccccc3)nc(-c3ccccc3)cn12. The summed E-state index contributed by atoms with van der Waals surface area (Å²) in [7, 11) is 0. The molecule has 1 aliphatic rings. The number of hydrogen-bond acceptors (Lipinski definition) is 6. The second-order valence-electron chi connectivity index (χ2n) is 9.58. The van der Waals surface area contributed by atoms with E-state index in [-0.39, 0.29) is 24.1 Å². The number of imidazole rings is 1. The Bertz CT molecular complexity index is 1830. The van der Waals surface area contributed by atoms with Crippen LogP contribution in [0.3, 0.4) is 0 Å². The van der Waals surface area contributed by atoms with Crippen LogP contribution in [0.1, 0.15) is 23.4 Å². The number of ether oxygens (including phenoxy) is 3. The van der Waals surface area contributed by atoms with Crippen LogP contribution in [0.4, 0.5) is 26.7 Å². The van der Waals surface area contributed by atoms with Crippen molar-refractivity contribution in [2.24, 2.45) is 0 Å². The molecule has 1 unspecified atom stereocenters. The molecule has 3 heterocycles. The van der Waals surface area contributed by atoms with Crippen molar-refractivity contribution in [3.05, 3.63) is 125 Å². The average Bonchev–Trinajstić information content (AvgIpc) is 3.66. The average molecular weight is 594 g/mol. The number of carbonyl (C=O) groups is 1. The van der Waals surface area contributed by atoms with Gasteiger partial charge in [-0.15, -0.1) is 0 Å². The highest BCUT2D eigenvalue weighted by atomic mass is 19.2. The summed E-state index contributed by atoms with van der Waals surface area (Å²) in [5.74, 6) is -13.6. The number of aromatic nitrogens is 3. The minimum atomic E-state index is -2.39. The van der Waals surface area contributed by atoms with Gasteiger partial charge in [0.2, 0.25) is 40.7 Å². The van der Waals surface area contributed by atoms with Crippen LogP contribution in [0, 0.1) is 29.1 Å². The number of fused-ring (bicyclic) bond motifs is 1. The van der Waals surface area contributed by atoms with Crippen LogP contribution >= 0.6 is 0 Å². The summed E-state index contributed by atoms with van der Waals surface area (Å²) in [5.41, 5.74) is 3.17. The summed E-state index contributed by atoms with van der Waals surface area (Å²) in [6, 6.07) is 18.6. The predicted octanol–water partition coefficient (Wildman–Crippen LogP) is 7.11. The van der Waals surface area contributed by atoms with Crippen LogP contribution in [0.5, 0.6) is 11.6 Å². The molecule has 0 saturated heterocycles. The van der Waals surface area contributed by atoms with E-state index < -0.39 is 41.0 Å². The first-order valence-electron chi connectivity index (χ1n) is 13.0. The fourth-order valence-electron chi connectivity index (χ4n) is 4.67. The number of benzene rings is 3. The largest absolute Gasteiger partial charge is 0.520 e. The van der Waals surface area contributed by atoms with Gasteiger partial charge in [-0.2, -0.15) is 8.78 Å². The third-order valence-corrected chi connectivity index (χ3v) is 6.71. The van der Waals surface area contributed by atoms with Crippen molar-refractivity contribution in [3.63, 3.8) is 0 Å². The minimum absolute atomic E-state index is 0.144. The van der Waals surface area contributed by atoms with E-state index in [0.29, 0.717) is 29.9 Å². The van der Waals surface area contributed by atoms with Gasteiger partial charge in [0, 0.05) is 31.0 Å². The van der Waals surface area contributed by atoms with Gasteiger partial charge >= 0.3 is 6.16 Å². The second-order valence-corrected chi connectivity index (χ2v) is 9.58. The van der Waals surface area contributed by atoms with Crippen LogP contribution in [-0.4, -0.2) is 26.6 Å². The molecule has 0 fully saturated rings. The van der Waals surface area contributed by atoms with Gasteiger partial charge in [0.25, 0.3) is 0 Å². The van der Waals surface area contributed by atoms with Gasteiger partial charge in [-0.05, 0) is 11.6 Å². The fraction of sp³-hybridized carbons (Fsp3) is 0.129. The van der Waals surface area contributed by atoms with E-state index in [1.165, 1.54) is 10.7 Å². The van der Waals surface area contributed by atoms with Crippen molar-refractivity contribution in [2.75, 3.05) is 0 Å². The van der Waals surface area contributed by atoms with Crippen molar-refractivity contribution in [1.82, 2.24) is 14.4 Å². The van der Waals surface area contributed by atoms with E-state index in [9.17, 15) is 26.7 Å². The summed E-state index contributed by atoms with van der Waals surface area (Å²) in [6.07, 6.45) is 3.79. The first kappa shape index (κ1) is 27.9. The Morgan fingerprint density at radius 2 is 1.49 bits per heavy atom. The highest BCUT2D eigenvalue weighted by Crippen LogP contribution is 2.32. The molecule has 5 aromatic rings. The Balaban J connectivity index is 1.46. The molecule has 0 N–H and O–H groups in total. The molecule has 7 nitrogen and oxygen atoms in total. The van der Waals surface area contributed by atoms with Crippen LogP contribution in [0.15, 0.2) is 79.2 Å². The zero-order valence-corrected chi connectivity index (χ0v) is 22.1. The van der Waals surface area contributed by atoms with E-state index in [1.807, 2.05) is 60.7 Å². The number of hydrogen-bond donors (Lipinski definition) is 0. The molecule has 0 bridgehead atoms. The number of rotatable bonds is 7. The topological polar surface area (TPSA) is 75.0 Å². The maximum Gasteiger partial charge on any atom is 0.520 e. The second kappa shape index (κ2) is 11.6. The molecule has 218 valence electrons.